The summed E-state index contributed by atoms with van der Waals surface area (Å²) in [4.78, 5) is 6.79. The third-order valence-corrected chi connectivity index (χ3v) is 8.21. The molecule has 1 fully saturated rings. The number of anilines is 2. The second-order valence-corrected chi connectivity index (χ2v) is 10.3. The van der Waals surface area contributed by atoms with E-state index in [4.69, 9.17) is 0 Å². The van der Waals surface area contributed by atoms with Gasteiger partial charge in [-0.25, -0.2) is 13.4 Å². The van der Waals surface area contributed by atoms with Crippen molar-refractivity contribution in [1.29, 1.82) is 0 Å². The van der Waals surface area contributed by atoms with E-state index >= 15 is 0 Å². The standard InChI is InChI=1S/C22H27N5O2S/c1-26-12-8-15-3-4-16(13-20(15)26)18-14-27(2)22-21(18)19(7-11-24-22)25-30(28,29)17-5-9-23-10-6-17/h3-4,7,11,13-14,17,23H,5-6,8-10,12H2,1-2H3,(H,24,25). The van der Waals surface area contributed by atoms with Crippen LogP contribution in [0.1, 0.15) is 18.4 Å². The topological polar surface area (TPSA) is 79.3 Å². The van der Waals surface area contributed by atoms with Crippen LogP contribution in [0, 0.1) is 0 Å². The van der Waals surface area contributed by atoms with Crippen LogP contribution in [0.25, 0.3) is 22.2 Å². The molecule has 2 N–H and O–H groups in total. The van der Waals surface area contributed by atoms with E-state index in [0.29, 0.717) is 18.5 Å². The van der Waals surface area contributed by atoms with E-state index in [0.717, 1.165) is 48.2 Å². The number of hydrogen-bond acceptors (Lipinski definition) is 5. The van der Waals surface area contributed by atoms with Crippen molar-refractivity contribution in [3.8, 4) is 11.1 Å². The lowest BCUT2D eigenvalue weighted by atomic mass is 10.0. The second-order valence-electron chi connectivity index (χ2n) is 8.32. The van der Waals surface area contributed by atoms with Crippen molar-refractivity contribution < 1.29 is 8.42 Å². The summed E-state index contributed by atoms with van der Waals surface area (Å²) in [5.74, 6) is 0. The molecule has 0 saturated carbocycles. The number of aryl methyl sites for hydroxylation is 1. The fourth-order valence-corrected chi connectivity index (χ4v) is 6.16. The zero-order valence-corrected chi connectivity index (χ0v) is 18.2. The number of pyridine rings is 1. The molecular weight excluding hydrogens is 398 g/mol. The number of sulfonamides is 1. The third kappa shape index (κ3) is 3.24. The van der Waals surface area contributed by atoms with Gasteiger partial charge in [-0.15, -0.1) is 0 Å². The molecule has 2 aromatic heterocycles. The number of nitrogens with zero attached hydrogens (tertiary/aromatic N) is 3. The van der Waals surface area contributed by atoms with Crippen LogP contribution in [-0.2, 0) is 23.5 Å². The lowest BCUT2D eigenvalue weighted by Gasteiger charge is -2.23. The number of rotatable bonds is 4. The summed E-state index contributed by atoms with van der Waals surface area (Å²) in [6, 6.07) is 8.28. The highest BCUT2D eigenvalue weighted by molar-refractivity contribution is 7.93. The fourth-order valence-electron chi connectivity index (χ4n) is 4.66. The molecule has 0 amide bonds. The molecular formula is C22H27N5O2S. The minimum Gasteiger partial charge on any atom is -0.374 e. The maximum atomic E-state index is 13.1. The van der Waals surface area contributed by atoms with Crippen LogP contribution < -0.4 is 14.9 Å². The van der Waals surface area contributed by atoms with Crippen LogP contribution in [0.2, 0.25) is 0 Å². The second kappa shape index (κ2) is 7.28. The number of nitrogens with one attached hydrogen (secondary N) is 2. The number of piperidine rings is 1. The van der Waals surface area contributed by atoms with Gasteiger partial charge in [0, 0.05) is 44.3 Å². The first kappa shape index (κ1) is 19.4. The Kier molecular flexibility index (Phi) is 4.71. The van der Waals surface area contributed by atoms with E-state index in [1.54, 1.807) is 12.3 Å². The summed E-state index contributed by atoms with van der Waals surface area (Å²) >= 11 is 0. The maximum Gasteiger partial charge on any atom is 0.235 e. The van der Waals surface area contributed by atoms with Crippen LogP contribution in [-0.4, -0.2) is 49.9 Å². The van der Waals surface area contributed by atoms with E-state index in [-0.39, 0.29) is 5.25 Å². The Morgan fingerprint density at radius 1 is 1.17 bits per heavy atom. The predicted octanol–water partition coefficient (Wildman–Crippen LogP) is 2.73. The number of hydrogen-bond donors (Lipinski definition) is 2. The Bertz CT molecular complexity index is 1210. The van der Waals surface area contributed by atoms with Crippen molar-refractivity contribution in [3.05, 3.63) is 42.2 Å². The van der Waals surface area contributed by atoms with Gasteiger partial charge in [0.25, 0.3) is 0 Å². The van der Waals surface area contributed by atoms with Gasteiger partial charge in [-0.2, -0.15) is 0 Å². The molecule has 5 rings (SSSR count). The van der Waals surface area contributed by atoms with Crippen molar-refractivity contribution in [3.63, 3.8) is 0 Å². The van der Waals surface area contributed by atoms with E-state index < -0.39 is 10.0 Å². The van der Waals surface area contributed by atoms with Gasteiger partial charge in [0.05, 0.1) is 16.3 Å². The van der Waals surface area contributed by atoms with Crippen LogP contribution in [0.15, 0.2) is 36.7 Å². The molecule has 0 unspecified atom stereocenters. The van der Waals surface area contributed by atoms with Gasteiger partial charge in [-0.1, -0.05) is 12.1 Å². The first-order chi connectivity index (χ1) is 14.4. The molecule has 2 aliphatic rings. The molecule has 4 heterocycles. The van der Waals surface area contributed by atoms with Gasteiger partial charge >= 0.3 is 0 Å². The summed E-state index contributed by atoms with van der Waals surface area (Å²) in [5, 5.41) is 3.70. The van der Waals surface area contributed by atoms with Gasteiger partial charge in [-0.05, 0) is 55.6 Å². The first-order valence-corrected chi connectivity index (χ1v) is 12.0. The average Bonchev–Trinajstić information content (AvgIpc) is 3.29. The van der Waals surface area contributed by atoms with E-state index in [1.165, 1.54) is 11.3 Å². The van der Waals surface area contributed by atoms with E-state index in [1.807, 2.05) is 17.8 Å². The molecule has 1 aromatic carbocycles. The molecule has 158 valence electrons. The molecule has 8 heteroatoms. The van der Waals surface area contributed by atoms with Crippen LogP contribution in [0.3, 0.4) is 0 Å². The first-order valence-electron chi connectivity index (χ1n) is 10.4. The molecule has 0 spiro atoms. The van der Waals surface area contributed by atoms with Gasteiger partial charge < -0.3 is 14.8 Å². The van der Waals surface area contributed by atoms with Gasteiger partial charge in [0.15, 0.2) is 0 Å². The lowest BCUT2D eigenvalue weighted by molar-refractivity contribution is 0.499. The Hall–Kier alpha value is -2.58. The average molecular weight is 426 g/mol. The van der Waals surface area contributed by atoms with Crippen molar-refractivity contribution in [1.82, 2.24) is 14.9 Å². The highest BCUT2D eigenvalue weighted by Crippen LogP contribution is 2.38. The minimum atomic E-state index is -3.47. The summed E-state index contributed by atoms with van der Waals surface area (Å²) in [5.41, 5.74) is 6.03. The largest absolute Gasteiger partial charge is 0.374 e. The predicted molar refractivity (Wildman–Crippen MR) is 122 cm³/mol. The Labute approximate surface area is 177 Å². The van der Waals surface area contributed by atoms with Gasteiger partial charge in [-0.3, -0.25) is 4.72 Å². The summed E-state index contributed by atoms with van der Waals surface area (Å²) < 4.78 is 31.0. The Morgan fingerprint density at radius 3 is 2.77 bits per heavy atom. The molecule has 3 aromatic rings. The van der Waals surface area contributed by atoms with Gasteiger partial charge in [0.2, 0.25) is 10.0 Å². The third-order valence-electron chi connectivity index (χ3n) is 6.36. The fraction of sp³-hybridized carbons (Fsp3) is 0.409. The minimum absolute atomic E-state index is 0.372. The molecule has 30 heavy (non-hydrogen) atoms. The lowest BCUT2D eigenvalue weighted by Crippen LogP contribution is -2.38. The Morgan fingerprint density at radius 2 is 1.97 bits per heavy atom. The SMILES string of the molecule is CN1CCc2ccc(-c3cn(C)c4nccc(NS(=O)(=O)C5CCNCC5)c34)cc21. The monoisotopic (exact) mass is 425 g/mol. The molecule has 0 aliphatic carbocycles. The molecule has 2 aliphatic heterocycles. The molecule has 1 saturated heterocycles. The van der Waals surface area contributed by atoms with E-state index in [2.05, 4.69) is 45.2 Å². The van der Waals surface area contributed by atoms with Crippen molar-refractivity contribution >= 4 is 32.4 Å². The van der Waals surface area contributed by atoms with Crippen molar-refractivity contribution in [2.75, 3.05) is 36.3 Å². The zero-order valence-electron chi connectivity index (χ0n) is 17.4. The summed E-state index contributed by atoms with van der Waals surface area (Å²) in [7, 11) is 0.587. The number of likely N-dealkylation sites (N-methyl/N-ethyl adjacent to an activating group) is 1. The smallest absolute Gasteiger partial charge is 0.235 e. The summed E-state index contributed by atoms with van der Waals surface area (Å²) in [6.45, 7) is 2.49. The number of aromatic nitrogens is 2. The zero-order chi connectivity index (χ0) is 20.9. The molecule has 7 nitrogen and oxygen atoms in total. The highest BCUT2D eigenvalue weighted by atomic mass is 32.2. The van der Waals surface area contributed by atoms with Gasteiger partial charge in [0.1, 0.15) is 5.65 Å². The van der Waals surface area contributed by atoms with Crippen LogP contribution in [0.5, 0.6) is 0 Å². The van der Waals surface area contributed by atoms with E-state index in [9.17, 15) is 8.42 Å². The van der Waals surface area contributed by atoms with Crippen LogP contribution in [0.4, 0.5) is 11.4 Å². The molecule has 0 bridgehead atoms. The van der Waals surface area contributed by atoms with Crippen LogP contribution >= 0.6 is 0 Å². The number of fused-ring (bicyclic) bond motifs is 2. The van der Waals surface area contributed by atoms with Crippen molar-refractivity contribution in [2.24, 2.45) is 7.05 Å². The quantitative estimate of drug-likeness (QED) is 0.672. The molecule has 0 atom stereocenters. The van der Waals surface area contributed by atoms with Crippen molar-refractivity contribution in [2.45, 2.75) is 24.5 Å². The Balaban J connectivity index is 1.60. The summed E-state index contributed by atoms with van der Waals surface area (Å²) in [6.07, 6.45) is 6.02. The number of benzene rings is 1. The maximum absolute atomic E-state index is 13.1. The normalized spacial score (nSPS) is 17.5. The highest BCUT2D eigenvalue weighted by Gasteiger charge is 2.28. The molecule has 0 radical (unpaired) electrons.